The average molecular weight is 225 g/mol. The zero-order valence-electron chi connectivity index (χ0n) is 9.24. The van der Waals surface area contributed by atoms with Crippen LogP contribution in [0.2, 0.25) is 0 Å². The molecule has 0 amide bonds. The van der Waals surface area contributed by atoms with Gasteiger partial charge >= 0.3 is 5.97 Å². The van der Waals surface area contributed by atoms with Gasteiger partial charge < -0.3 is 10.4 Å². The second-order valence-corrected chi connectivity index (χ2v) is 3.73. The summed E-state index contributed by atoms with van der Waals surface area (Å²) in [5.41, 5.74) is 0.871. The molecular weight excluding hydrogens is 209 g/mol. The van der Waals surface area contributed by atoms with Gasteiger partial charge in [-0.1, -0.05) is 12.1 Å². The van der Waals surface area contributed by atoms with Crippen molar-refractivity contribution >= 4 is 5.97 Å². The molecule has 0 heterocycles. The van der Waals surface area contributed by atoms with E-state index >= 15 is 0 Å². The first-order valence-electron chi connectivity index (χ1n) is 5.30. The number of aliphatic carboxylic acids is 1. The third-order valence-corrected chi connectivity index (χ3v) is 2.37. The maximum absolute atomic E-state index is 12.9. The lowest BCUT2D eigenvalue weighted by molar-refractivity contribution is -0.137. The van der Waals surface area contributed by atoms with Gasteiger partial charge in [-0.3, -0.25) is 4.79 Å². The SMILES string of the molecule is C[C@@H](NCCCC(=O)O)c1cccc(F)c1. The van der Waals surface area contributed by atoms with Crippen LogP contribution in [0.1, 0.15) is 31.4 Å². The minimum absolute atomic E-state index is 0.0319. The van der Waals surface area contributed by atoms with Gasteiger partial charge in [-0.05, 0) is 37.6 Å². The van der Waals surface area contributed by atoms with Crippen LogP contribution in [0.3, 0.4) is 0 Å². The first-order valence-corrected chi connectivity index (χ1v) is 5.30. The van der Waals surface area contributed by atoms with Gasteiger partial charge in [-0.2, -0.15) is 0 Å². The molecule has 0 spiro atoms. The summed E-state index contributed by atoms with van der Waals surface area (Å²) in [7, 11) is 0. The Labute approximate surface area is 94.3 Å². The van der Waals surface area contributed by atoms with E-state index in [-0.39, 0.29) is 18.3 Å². The van der Waals surface area contributed by atoms with Crippen LogP contribution < -0.4 is 5.32 Å². The number of hydrogen-bond donors (Lipinski definition) is 2. The lowest BCUT2D eigenvalue weighted by atomic mass is 10.1. The van der Waals surface area contributed by atoms with E-state index in [1.165, 1.54) is 12.1 Å². The van der Waals surface area contributed by atoms with Crippen LogP contribution in [0.25, 0.3) is 0 Å². The lowest BCUT2D eigenvalue weighted by Crippen LogP contribution is -2.20. The Morgan fingerprint density at radius 3 is 2.94 bits per heavy atom. The Bertz CT molecular complexity index is 355. The average Bonchev–Trinajstić information content (AvgIpc) is 2.24. The molecule has 0 saturated heterocycles. The number of carboxylic acid groups (broad SMARTS) is 1. The second-order valence-electron chi connectivity index (χ2n) is 3.73. The van der Waals surface area contributed by atoms with Crippen LogP contribution in [0, 0.1) is 5.82 Å². The highest BCUT2D eigenvalue weighted by Crippen LogP contribution is 2.13. The summed E-state index contributed by atoms with van der Waals surface area (Å²) in [6, 6.07) is 6.43. The van der Waals surface area contributed by atoms with Gasteiger partial charge in [-0.25, -0.2) is 4.39 Å². The fourth-order valence-electron chi connectivity index (χ4n) is 1.45. The third-order valence-electron chi connectivity index (χ3n) is 2.37. The fourth-order valence-corrected chi connectivity index (χ4v) is 1.45. The predicted octanol–water partition coefficient (Wildman–Crippen LogP) is 2.34. The largest absolute Gasteiger partial charge is 0.481 e. The van der Waals surface area contributed by atoms with E-state index in [4.69, 9.17) is 5.11 Å². The molecule has 88 valence electrons. The van der Waals surface area contributed by atoms with E-state index in [0.29, 0.717) is 13.0 Å². The second kappa shape index (κ2) is 6.23. The van der Waals surface area contributed by atoms with E-state index < -0.39 is 5.97 Å². The summed E-state index contributed by atoms with van der Waals surface area (Å²) < 4.78 is 12.9. The smallest absolute Gasteiger partial charge is 0.303 e. The van der Waals surface area contributed by atoms with E-state index in [1.54, 1.807) is 6.07 Å². The van der Waals surface area contributed by atoms with E-state index in [0.717, 1.165) is 5.56 Å². The van der Waals surface area contributed by atoms with Crippen molar-refractivity contribution < 1.29 is 14.3 Å². The van der Waals surface area contributed by atoms with Crippen LogP contribution >= 0.6 is 0 Å². The number of carbonyl (C=O) groups is 1. The van der Waals surface area contributed by atoms with Gasteiger partial charge in [0.15, 0.2) is 0 Å². The summed E-state index contributed by atoms with van der Waals surface area (Å²) >= 11 is 0. The topological polar surface area (TPSA) is 49.3 Å². The van der Waals surface area contributed by atoms with Crippen molar-refractivity contribution in [1.82, 2.24) is 5.32 Å². The Kier molecular flexibility index (Phi) is 4.92. The Balaban J connectivity index is 2.35. The summed E-state index contributed by atoms with van der Waals surface area (Å²) in [5, 5.41) is 11.6. The molecule has 1 rings (SSSR count). The monoisotopic (exact) mass is 225 g/mol. The molecule has 1 aromatic carbocycles. The minimum atomic E-state index is -0.791. The zero-order valence-corrected chi connectivity index (χ0v) is 9.24. The molecule has 0 aliphatic heterocycles. The molecule has 0 radical (unpaired) electrons. The first-order chi connectivity index (χ1) is 7.59. The number of hydrogen-bond acceptors (Lipinski definition) is 2. The van der Waals surface area contributed by atoms with Crippen molar-refractivity contribution in [3.8, 4) is 0 Å². The summed E-state index contributed by atoms with van der Waals surface area (Å²) in [4.78, 5) is 10.3. The van der Waals surface area contributed by atoms with Crippen molar-refractivity contribution in [2.75, 3.05) is 6.54 Å². The van der Waals surface area contributed by atoms with Crippen LogP contribution in [-0.2, 0) is 4.79 Å². The number of halogens is 1. The molecular formula is C12H16FNO2. The molecule has 0 bridgehead atoms. The molecule has 0 aromatic heterocycles. The highest BCUT2D eigenvalue weighted by molar-refractivity contribution is 5.66. The third kappa shape index (κ3) is 4.40. The molecule has 16 heavy (non-hydrogen) atoms. The Morgan fingerprint density at radius 1 is 1.56 bits per heavy atom. The van der Waals surface area contributed by atoms with Gasteiger partial charge in [-0.15, -0.1) is 0 Å². The molecule has 0 unspecified atom stereocenters. The maximum Gasteiger partial charge on any atom is 0.303 e. The van der Waals surface area contributed by atoms with Crippen LogP contribution in [0.5, 0.6) is 0 Å². The molecule has 1 aromatic rings. The quantitative estimate of drug-likeness (QED) is 0.730. The number of benzene rings is 1. The fraction of sp³-hybridized carbons (Fsp3) is 0.417. The molecule has 3 nitrogen and oxygen atoms in total. The number of nitrogens with one attached hydrogen (secondary N) is 1. The van der Waals surface area contributed by atoms with Crippen LogP contribution in [0.4, 0.5) is 4.39 Å². The highest BCUT2D eigenvalue weighted by atomic mass is 19.1. The standard InChI is InChI=1S/C12H16FNO2/c1-9(14-7-3-6-12(15)16)10-4-2-5-11(13)8-10/h2,4-5,8-9,14H,3,6-7H2,1H3,(H,15,16)/t9-/m1/s1. The van der Waals surface area contributed by atoms with E-state index in [9.17, 15) is 9.18 Å². The summed E-state index contributed by atoms with van der Waals surface area (Å²) in [6.45, 7) is 2.54. The maximum atomic E-state index is 12.9. The van der Waals surface area contributed by atoms with E-state index in [2.05, 4.69) is 5.32 Å². The van der Waals surface area contributed by atoms with Crippen LogP contribution in [0.15, 0.2) is 24.3 Å². The van der Waals surface area contributed by atoms with Crippen molar-refractivity contribution in [2.45, 2.75) is 25.8 Å². The molecule has 4 heteroatoms. The molecule has 1 atom stereocenters. The molecule has 0 saturated carbocycles. The van der Waals surface area contributed by atoms with Gasteiger partial charge in [0.1, 0.15) is 5.82 Å². The Morgan fingerprint density at radius 2 is 2.31 bits per heavy atom. The lowest BCUT2D eigenvalue weighted by Gasteiger charge is -2.13. The van der Waals surface area contributed by atoms with Crippen molar-refractivity contribution in [3.63, 3.8) is 0 Å². The van der Waals surface area contributed by atoms with Gasteiger partial charge in [0, 0.05) is 12.5 Å². The Hall–Kier alpha value is -1.42. The number of carboxylic acids is 1. The molecule has 0 fully saturated rings. The van der Waals surface area contributed by atoms with Crippen molar-refractivity contribution in [2.24, 2.45) is 0 Å². The molecule has 0 aliphatic rings. The zero-order chi connectivity index (χ0) is 12.0. The molecule has 0 aliphatic carbocycles. The van der Waals surface area contributed by atoms with Crippen LogP contribution in [-0.4, -0.2) is 17.6 Å². The normalized spacial score (nSPS) is 12.4. The van der Waals surface area contributed by atoms with E-state index in [1.807, 2.05) is 13.0 Å². The van der Waals surface area contributed by atoms with Crippen molar-refractivity contribution in [1.29, 1.82) is 0 Å². The number of rotatable bonds is 6. The predicted molar refractivity (Wildman–Crippen MR) is 59.7 cm³/mol. The van der Waals surface area contributed by atoms with Gasteiger partial charge in [0.2, 0.25) is 0 Å². The van der Waals surface area contributed by atoms with Gasteiger partial charge in [0.25, 0.3) is 0 Å². The van der Waals surface area contributed by atoms with Crippen molar-refractivity contribution in [3.05, 3.63) is 35.6 Å². The highest BCUT2D eigenvalue weighted by Gasteiger charge is 2.05. The van der Waals surface area contributed by atoms with Gasteiger partial charge in [0.05, 0.1) is 0 Å². The summed E-state index contributed by atoms with van der Waals surface area (Å²) in [6.07, 6.45) is 0.734. The molecule has 2 N–H and O–H groups in total. The summed E-state index contributed by atoms with van der Waals surface area (Å²) in [5.74, 6) is -1.04. The minimum Gasteiger partial charge on any atom is -0.481 e. The first kappa shape index (κ1) is 12.6.